The van der Waals surface area contributed by atoms with Gasteiger partial charge in [-0.2, -0.15) is 0 Å². The first-order valence-corrected chi connectivity index (χ1v) is 9.21. The van der Waals surface area contributed by atoms with Crippen LogP contribution < -0.4 is 0 Å². The zero-order valence-corrected chi connectivity index (χ0v) is 14.2. The summed E-state index contributed by atoms with van der Waals surface area (Å²) in [5.74, 6) is 1.42. The normalized spacial score (nSPS) is 21.6. The average molecular weight is 319 g/mol. The SMILES string of the molecule is O=C(c1ccc(-c2ccccc2)cc1)[C@H]1CCCN(CC2CC2)C1. The standard InChI is InChI=1S/C22H25NO/c24-22(21-7-4-14-23(16-21)15-17-8-9-17)20-12-10-19(11-13-20)18-5-2-1-3-6-18/h1-3,5-6,10-13,17,21H,4,7-9,14-16H2/t21-/m0/s1. The van der Waals surface area contributed by atoms with Crippen LogP contribution in [0.25, 0.3) is 11.1 Å². The van der Waals surface area contributed by atoms with Gasteiger partial charge in [0.1, 0.15) is 0 Å². The second-order valence-corrected chi connectivity index (χ2v) is 7.35. The summed E-state index contributed by atoms with van der Waals surface area (Å²) in [4.78, 5) is 15.4. The monoisotopic (exact) mass is 319 g/mol. The van der Waals surface area contributed by atoms with E-state index in [1.54, 1.807) is 0 Å². The van der Waals surface area contributed by atoms with Gasteiger partial charge in [0, 0.05) is 24.6 Å². The fraction of sp³-hybridized carbons (Fsp3) is 0.409. The Kier molecular flexibility index (Phi) is 4.48. The van der Waals surface area contributed by atoms with E-state index in [0.717, 1.165) is 30.9 Å². The smallest absolute Gasteiger partial charge is 0.167 e. The molecule has 2 fully saturated rings. The number of likely N-dealkylation sites (tertiary alicyclic amines) is 1. The predicted molar refractivity (Wildman–Crippen MR) is 98.1 cm³/mol. The number of carbonyl (C=O) groups excluding carboxylic acids is 1. The molecule has 0 unspecified atom stereocenters. The lowest BCUT2D eigenvalue weighted by Gasteiger charge is -2.32. The van der Waals surface area contributed by atoms with Crippen LogP contribution in [0.4, 0.5) is 0 Å². The highest BCUT2D eigenvalue weighted by atomic mass is 16.1. The average Bonchev–Trinajstić information content (AvgIpc) is 3.46. The maximum atomic E-state index is 12.9. The third-order valence-corrected chi connectivity index (χ3v) is 5.37. The number of carbonyl (C=O) groups is 1. The van der Waals surface area contributed by atoms with Gasteiger partial charge < -0.3 is 4.90 Å². The maximum Gasteiger partial charge on any atom is 0.167 e. The van der Waals surface area contributed by atoms with E-state index in [1.807, 2.05) is 30.3 Å². The molecule has 2 aromatic carbocycles. The number of Topliss-reactive ketones (excluding diaryl/α,β-unsaturated/α-hetero) is 1. The molecule has 2 aromatic rings. The summed E-state index contributed by atoms with van der Waals surface area (Å²) < 4.78 is 0. The topological polar surface area (TPSA) is 20.3 Å². The van der Waals surface area contributed by atoms with Gasteiger partial charge >= 0.3 is 0 Å². The van der Waals surface area contributed by atoms with Gasteiger partial charge in [-0.1, -0.05) is 54.6 Å². The highest BCUT2D eigenvalue weighted by Gasteiger charge is 2.30. The molecule has 24 heavy (non-hydrogen) atoms. The summed E-state index contributed by atoms with van der Waals surface area (Å²) >= 11 is 0. The molecule has 0 amide bonds. The van der Waals surface area contributed by atoms with E-state index in [1.165, 1.54) is 37.1 Å². The molecule has 0 spiro atoms. The minimum atomic E-state index is 0.181. The number of hydrogen-bond donors (Lipinski definition) is 0. The third kappa shape index (κ3) is 3.59. The van der Waals surface area contributed by atoms with Gasteiger partial charge in [0.2, 0.25) is 0 Å². The van der Waals surface area contributed by atoms with E-state index in [-0.39, 0.29) is 5.92 Å². The van der Waals surface area contributed by atoms with Crippen molar-refractivity contribution in [2.24, 2.45) is 11.8 Å². The second kappa shape index (κ2) is 6.90. The molecular formula is C22H25NO. The van der Waals surface area contributed by atoms with Crippen LogP contribution in [-0.2, 0) is 0 Å². The highest BCUT2D eigenvalue weighted by Crippen LogP contribution is 2.32. The van der Waals surface area contributed by atoms with Crippen molar-refractivity contribution in [1.29, 1.82) is 0 Å². The van der Waals surface area contributed by atoms with E-state index >= 15 is 0 Å². The van der Waals surface area contributed by atoms with Crippen molar-refractivity contribution >= 4 is 5.78 Å². The molecule has 0 radical (unpaired) electrons. The first kappa shape index (κ1) is 15.6. The van der Waals surface area contributed by atoms with Gasteiger partial charge in [-0.15, -0.1) is 0 Å². The number of nitrogens with zero attached hydrogens (tertiary/aromatic N) is 1. The van der Waals surface area contributed by atoms with Crippen molar-refractivity contribution in [1.82, 2.24) is 4.90 Å². The van der Waals surface area contributed by atoms with Crippen LogP contribution in [0.3, 0.4) is 0 Å². The minimum absolute atomic E-state index is 0.181. The van der Waals surface area contributed by atoms with Gasteiger partial charge in [-0.3, -0.25) is 4.79 Å². The van der Waals surface area contributed by atoms with Gasteiger partial charge in [-0.05, 0) is 49.3 Å². The van der Waals surface area contributed by atoms with E-state index in [2.05, 4.69) is 29.2 Å². The molecule has 1 saturated heterocycles. The van der Waals surface area contributed by atoms with Crippen molar-refractivity contribution in [3.05, 3.63) is 60.2 Å². The molecule has 2 nitrogen and oxygen atoms in total. The minimum Gasteiger partial charge on any atom is -0.302 e. The molecule has 4 rings (SSSR count). The molecule has 1 saturated carbocycles. The predicted octanol–water partition coefficient (Wildman–Crippen LogP) is 4.66. The summed E-state index contributed by atoms with van der Waals surface area (Å²) in [6.07, 6.45) is 4.97. The van der Waals surface area contributed by atoms with Crippen LogP contribution in [0.15, 0.2) is 54.6 Å². The molecule has 2 heteroatoms. The number of hydrogen-bond acceptors (Lipinski definition) is 2. The van der Waals surface area contributed by atoms with Crippen molar-refractivity contribution in [2.75, 3.05) is 19.6 Å². The lowest BCUT2D eigenvalue weighted by Crippen LogP contribution is -2.39. The number of benzene rings is 2. The maximum absolute atomic E-state index is 12.9. The number of piperidine rings is 1. The lowest BCUT2D eigenvalue weighted by atomic mass is 9.89. The second-order valence-electron chi connectivity index (χ2n) is 7.35. The number of ketones is 1. The Hall–Kier alpha value is -1.93. The van der Waals surface area contributed by atoms with Crippen LogP contribution in [0.1, 0.15) is 36.0 Å². The van der Waals surface area contributed by atoms with Crippen molar-refractivity contribution in [3.63, 3.8) is 0 Å². The van der Waals surface area contributed by atoms with Crippen LogP contribution in [0.2, 0.25) is 0 Å². The fourth-order valence-corrected chi connectivity index (χ4v) is 3.79. The Morgan fingerprint density at radius 2 is 1.62 bits per heavy atom. The lowest BCUT2D eigenvalue weighted by molar-refractivity contribution is 0.0814. The molecule has 0 bridgehead atoms. The molecule has 1 heterocycles. The molecular weight excluding hydrogens is 294 g/mol. The van der Waals surface area contributed by atoms with Crippen molar-refractivity contribution < 1.29 is 4.79 Å². The molecule has 1 aliphatic heterocycles. The summed E-state index contributed by atoms with van der Waals surface area (Å²) in [5, 5.41) is 0. The van der Waals surface area contributed by atoms with E-state index in [9.17, 15) is 4.79 Å². The third-order valence-electron chi connectivity index (χ3n) is 5.37. The Labute approximate surface area is 144 Å². The molecule has 0 aromatic heterocycles. The Morgan fingerprint density at radius 1 is 0.917 bits per heavy atom. The summed E-state index contributed by atoms with van der Waals surface area (Å²) in [6, 6.07) is 18.5. The highest BCUT2D eigenvalue weighted by molar-refractivity contribution is 5.98. The fourth-order valence-electron chi connectivity index (χ4n) is 3.79. The van der Waals surface area contributed by atoms with Gasteiger partial charge in [-0.25, -0.2) is 0 Å². The molecule has 124 valence electrons. The van der Waals surface area contributed by atoms with Crippen molar-refractivity contribution in [3.8, 4) is 11.1 Å². The number of rotatable bonds is 5. The first-order chi connectivity index (χ1) is 11.8. The summed E-state index contributed by atoms with van der Waals surface area (Å²) in [7, 11) is 0. The van der Waals surface area contributed by atoms with Crippen LogP contribution in [0, 0.1) is 11.8 Å². The summed E-state index contributed by atoms with van der Waals surface area (Å²) in [6.45, 7) is 3.33. The van der Waals surface area contributed by atoms with Crippen LogP contribution >= 0.6 is 0 Å². The Morgan fingerprint density at radius 3 is 2.33 bits per heavy atom. The van der Waals surface area contributed by atoms with Gasteiger partial charge in [0.15, 0.2) is 5.78 Å². The van der Waals surface area contributed by atoms with E-state index in [0.29, 0.717) is 5.78 Å². The summed E-state index contributed by atoms with van der Waals surface area (Å²) in [5.41, 5.74) is 3.24. The molecule has 1 aliphatic carbocycles. The van der Waals surface area contributed by atoms with E-state index < -0.39 is 0 Å². The van der Waals surface area contributed by atoms with Crippen LogP contribution in [0.5, 0.6) is 0 Å². The Bertz CT molecular complexity index is 688. The first-order valence-electron chi connectivity index (χ1n) is 9.21. The zero-order valence-electron chi connectivity index (χ0n) is 14.2. The quantitative estimate of drug-likeness (QED) is 0.747. The zero-order chi connectivity index (χ0) is 16.4. The molecule has 2 aliphatic rings. The van der Waals surface area contributed by atoms with E-state index in [4.69, 9.17) is 0 Å². The molecule has 0 N–H and O–H groups in total. The molecule has 1 atom stereocenters. The van der Waals surface area contributed by atoms with Gasteiger partial charge in [0.05, 0.1) is 0 Å². The largest absolute Gasteiger partial charge is 0.302 e. The Balaban J connectivity index is 1.43. The van der Waals surface area contributed by atoms with Gasteiger partial charge in [0.25, 0.3) is 0 Å². The van der Waals surface area contributed by atoms with Crippen molar-refractivity contribution in [2.45, 2.75) is 25.7 Å². The van der Waals surface area contributed by atoms with Crippen LogP contribution in [-0.4, -0.2) is 30.3 Å².